The molecule has 1 aromatic carbocycles. The van der Waals surface area contributed by atoms with Crippen LogP contribution in [0.15, 0.2) is 30.3 Å². The highest BCUT2D eigenvalue weighted by Gasteiger charge is 2.31. The van der Waals surface area contributed by atoms with E-state index in [1.165, 1.54) is 0 Å². The van der Waals surface area contributed by atoms with Crippen LogP contribution in [0.4, 0.5) is 5.95 Å². The van der Waals surface area contributed by atoms with Gasteiger partial charge in [-0.25, -0.2) is 4.68 Å². The van der Waals surface area contributed by atoms with Gasteiger partial charge in [0.25, 0.3) is 0 Å². The fraction of sp³-hybridized carbons (Fsp3) is 0.591. The Morgan fingerprint density at radius 3 is 2.72 bits per heavy atom. The average molecular weight is 398 g/mol. The maximum Gasteiger partial charge on any atom is 0.249 e. The molecule has 3 heterocycles. The van der Waals surface area contributed by atoms with Gasteiger partial charge in [0.2, 0.25) is 11.9 Å². The number of nitrogens with zero attached hydrogens (tertiary/aromatic N) is 4. The van der Waals surface area contributed by atoms with Crippen molar-refractivity contribution >= 4 is 11.9 Å². The zero-order chi connectivity index (χ0) is 20.1. The van der Waals surface area contributed by atoms with Gasteiger partial charge in [-0.1, -0.05) is 36.8 Å². The van der Waals surface area contributed by atoms with Crippen LogP contribution in [0.5, 0.6) is 0 Å². The Balaban J connectivity index is 1.45. The molecule has 156 valence electrons. The fourth-order valence-electron chi connectivity index (χ4n) is 4.38. The first kappa shape index (κ1) is 20.0. The van der Waals surface area contributed by atoms with Crippen LogP contribution in [0.25, 0.3) is 11.4 Å². The second-order valence-corrected chi connectivity index (χ2v) is 7.99. The molecule has 0 saturated carbocycles. The number of anilines is 1. The number of carbonyl (C=O) groups excluding carboxylic acids is 1. The van der Waals surface area contributed by atoms with Gasteiger partial charge >= 0.3 is 0 Å². The quantitative estimate of drug-likeness (QED) is 0.810. The van der Waals surface area contributed by atoms with Crippen LogP contribution < -0.4 is 5.32 Å². The molecule has 2 fully saturated rings. The molecule has 1 unspecified atom stereocenters. The van der Waals surface area contributed by atoms with Crippen molar-refractivity contribution < 1.29 is 9.53 Å². The molecule has 2 aliphatic rings. The summed E-state index contributed by atoms with van der Waals surface area (Å²) in [6.45, 7) is 6.39. The molecule has 2 saturated heterocycles. The van der Waals surface area contributed by atoms with Gasteiger partial charge in [0.15, 0.2) is 5.82 Å². The number of piperidine rings is 1. The Hall–Kier alpha value is -2.25. The zero-order valence-corrected chi connectivity index (χ0v) is 17.2. The number of carbonyl (C=O) groups is 1. The SMILES string of the molecule is CCn1nc(NC(=O)C2CCCCN2CC2CCOCC2)nc1-c1ccccc1. The third-order valence-corrected chi connectivity index (χ3v) is 5.99. The van der Waals surface area contributed by atoms with Crippen molar-refractivity contribution in [2.24, 2.45) is 5.92 Å². The van der Waals surface area contributed by atoms with E-state index in [-0.39, 0.29) is 11.9 Å². The molecule has 1 aromatic heterocycles. The second kappa shape index (κ2) is 9.50. The van der Waals surface area contributed by atoms with Gasteiger partial charge in [0.05, 0.1) is 6.04 Å². The Labute approximate surface area is 172 Å². The van der Waals surface area contributed by atoms with E-state index in [1.807, 2.05) is 41.9 Å². The van der Waals surface area contributed by atoms with E-state index in [0.29, 0.717) is 18.4 Å². The van der Waals surface area contributed by atoms with Gasteiger partial charge in [0.1, 0.15) is 0 Å². The monoisotopic (exact) mass is 397 g/mol. The molecule has 1 N–H and O–H groups in total. The van der Waals surface area contributed by atoms with Gasteiger partial charge in [-0.05, 0) is 45.1 Å². The molecule has 2 aromatic rings. The van der Waals surface area contributed by atoms with Crippen LogP contribution >= 0.6 is 0 Å². The minimum absolute atomic E-state index is 0.0182. The molecular weight excluding hydrogens is 366 g/mol. The topological polar surface area (TPSA) is 72.3 Å². The predicted octanol–water partition coefficient (Wildman–Crippen LogP) is 3.18. The van der Waals surface area contributed by atoms with Crippen LogP contribution in [0, 0.1) is 5.92 Å². The van der Waals surface area contributed by atoms with E-state index in [0.717, 1.165) is 69.8 Å². The molecule has 7 heteroatoms. The van der Waals surface area contributed by atoms with E-state index in [1.54, 1.807) is 0 Å². The summed E-state index contributed by atoms with van der Waals surface area (Å²) < 4.78 is 7.33. The Morgan fingerprint density at radius 2 is 1.97 bits per heavy atom. The number of hydrogen-bond donors (Lipinski definition) is 1. The lowest BCUT2D eigenvalue weighted by Gasteiger charge is -2.37. The summed E-state index contributed by atoms with van der Waals surface area (Å²) in [5, 5.41) is 7.51. The maximum atomic E-state index is 13.1. The van der Waals surface area contributed by atoms with Crippen molar-refractivity contribution in [3.63, 3.8) is 0 Å². The summed E-state index contributed by atoms with van der Waals surface area (Å²) in [7, 11) is 0. The third kappa shape index (κ3) is 4.85. The average Bonchev–Trinajstić information content (AvgIpc) is 3.18. The van der Waals surface area contributed by atoms with Gasteiger partial charge < -0.3 is 4.74 Å². The van der Waals surface area contributed by atoms with E-state index >= 15 is 0 Å². The molecule has 0 radical (unpaired) electrons. The minimum Gasteiger partial charge on any atom is -0.381 e. The van der Waals surface area contributed by atoms with E-state index in [9.17, 15) is 4.79 Å². The minimum atomic E-state index is -0.0969. The molecule has 0 spiro atoms. The summed E-state index contributed by atoms with van der Waals surface area (Å²) in [5.41, 5.74) is 1.00. The first-order valence-corrected chi connectivity index (χ1v) is 10.9. The number of nitrogens with one attached hydrogen (secondary N) is 1. The zero-order valence-electron chi connectivity index (χ0n) is 17.2. The molecule has 1 atom stereocenters. The van der Waals surface area contributed by atoms with Crippen LogP contribution in [-0.2, 0) is 16.1 Å². The number of hydrogen-bond acceptors (Lipinski definition) is 5. The normalized spacial score (nSPS) is 21.2. The molecule has 1 amide bonds. The molecule has 7 nitrogen and oxygen atoms in total. The molecular formula is C22H31N5O2. The number of aromatic nitrogens is 3. The number of amides is 1. The lowest BCUT2D eigenvalue weighted by Crippen LogP contribution is -2.49. The molecule has 0 aliphatic carbocycles. The molecule has 4 rings (SSSR count). The van der Waals surface area contributed by atoms with Crippen molar-refractivity contribution in [3.8, 4) is 11.4 Å². The van der Waals surface area contributed by atoms with Crippen LogP contribution in [0.3, 0.4) is 0 Å². The summed E-state index contributed by atoms with van der Waals surface area (Å²) in [5.74, 6) is 1.82. The van der Waals surface area contributed by atoms with Crippen molar-refractivity contribution in [3.05, 3.63) is 30.3 Å². The summed E-state index contributed by atoms with van der Waals surface area (Å²) in [6, 6.07) is 9.88. The van der Waals surface area contributed by atoms with Crippen molar-refractivity contribution in [1.82, 2.24) is 19.7 Å². The number of aryl methyl sites for hydroxylation is 1. The van der Waals surface area contributed by atoms with Crippen molar-refractivity contribution in [2.45, 2.75) is 51.6 Å². The van der Waals surface area contributed by atoms with Gasteiger partial charge in [-0.3, -0.25) is 15.0 Å². The fourth-order valence-corrected chi connectivity index (χ4v) is 4.38. The number of ether oxygens (including phenoxy) is 1. The molecule has 2 aliphatic heterocycles. The lowest BCUT2D eigenvalue weighted by atomic mass is 9.95. The summed E-state index contributed by atoms with van der Waals surface area (Å²) in [4.78, 5) is 20.1. The summed E-state index contributed by atoms with van der Waals surface area (Å²) >= 11 is 0. The van der Waals surface area contributed by atoms with E-state index in [4.69, 9.17) is 4.74 Å². The van der Waals surface area contributed by atoms with Gasteiger partial charge in [-0.2, -0.15) is 4.98 Å². The van der Waals surface area contributed by atoms with Gasteiger partial charge in [0, 0.05) is 31.9 Å². The standard InChI is InChI=1S/C22H31N5O2/c1-2-27-20(18-8-4-3-5-9-18)23-22(25-27)24-21(28)19-10-6-7-13-26(19)16-17-11-14-29-15-12-17/h3-5,8-9,17,19H,2,6-7,10-16H2,1H3,(H,24,25,28). The Bertz CT molecular complexity index is 801. The Morgan fingerprint density at radius 1 is 1.17 bits per heavy atom. The second-order valence-electron chi connectivity index (χ2n) is 7.99. The summed E-state index contributed by atoms with van der Waals surface area (Å²) in [6.07, 6.45) is 5.33. The van der Waals surface area contributed by atoms with E-state index in [2.05, 4.69) is 20.3 Å². The number of benzene rings is 1. The molecule has 0 bridgehead atoms. The Kier molecular flexibility index (Phi) is 6.56. The third-order valence-electron chi connectivity index (χ3n) is 5.99. The highest BCUT2D eigenvalue weighted by Crippen LogP contribution is 2.24. The van der Waals surface area contributed by atoms with Crippen LogP contribution in [-0.4, -0.2) is 57.9 Å². The van der Waals surface area contributed by atoms with Gasteiger partial charge in [-0.15, -0.1) is 5.10 Å². The van der Waals surface area contributed by atoms with E-state index < -0.39 is 0 Å². The smallest absolute Gasteiger partial charge is 0.249 e. The first-order valence-electron chi connectivity index (χ1n) is 10.9. The van der Waals surface area contributed by atoms with Crippen molar-refractivity contribution in [2.75, 3.05) is 31.6 Å². The highest BCUT2D eigenvalue weighted by atomic mass is 16.5. The maximum absolute atomic E-state index is 13.1. The largest absolute Gasteiger partial charge is 0.381 e. The van der Waals surface area contributed by atoms with Crippen LogP contribution in [0.1, 0.15) is 39.0 Å². The lowest BCUT2D eigenvalue weighted by molar-refractivity contribution is -0.123. The predicted molar refractivity (Wildman–Crippen MR) is 113 cm³/mol. The number of rotatable bonds is 6. The number of likely N-dealkylation sites (tertiary alicyclic amines) is 1. The molecule has 29 heavy (non-hydrogen) atoms. The van der Waals surface area contributed by atoms with Crippen LogP contribution in [0.2, 0.25) is 0 Å². The van der Waals surface area contributed by atoms with Crippen molar-refractivity contribution in [1.29, 1.82) is 0 Å². The highest BCUT2D eigenvalue weighted by molar-refractivity contribution is 5.93. The first-order chi connectivity index (χ1) is 14.2.